The summed E-state index contributed by atoms with van der Waals surface area (Å²) in [5.41, 5.74) is 1.99. The minimum Gasteiger partial charge on any atom is -0.493 e. The average Bonchev–Trinajstić information content (AvgIpc) is 2.81. The summed E-state index contributed by atoms with van der Waals surface area (Å²) in [6.45, 7) is 1.65. The monoisotopic (exact) mass is 436 g/mol. The molecule has 6 heteroatoms. The van der Waals surface area contributed by atoms with Crippen LogP contribution in [0.15, 0.2) is 78.9 Å². The van der Waals surface area contributed by atoms with E-state index in [1.54, 1.807) is 24.3 Å². The van der Waals surface area contributed by atoms with Crippen molar-refractivity contribution in [3.8, 4) is 17.2 Å². The summed E-state index contributed by atoms with van der Waals surface area (Å²) in [4.78, 5) is 10.7. The number of carbonyl (C=O) groups is 1. The third-order valence-corrected chi connectivity index (χ3v) is 4.79. The molecule has 0 radical (unpaired) electrons. The first kappa shape index (κ1) is 23.2. The molecule has 0 fully saturated rings. The van der Waals surface area contributed by atoms with Gasteiger partial charge in [-0.25, -0.2) is 4.79 Å². The maximum absolute atomic E-state index is 10.7. The maximum Gasteiger partial charge on any atom is 0.332 e. The van der Waals surface area contributed by atoms with Gasteiger partial charge in [0, 0.05) is 19.3 Å². The van der Waals surface area contributed by atoms with Gasteiger partial charge in [0.1, 0.15) is 17.2 Å². The van der Waals surface area contributed by atoms with Crippen LogP contribution in [0.5, 0.6) is 17.2 Å². The number of carboxylic acid groups (broad SMARTS) is 1. The van der Waals surface area contributed by atoms with Gasteiger partial charge in [0.05, 0.1) is 19.8 Å². The summed E-state index contributed by atoms with van der Waals surface area (Å²) in [6, 6.07) is 24.9. The summed E-state index contributed by atoms with van der Waals surface area (Å²) in [6.07, 6.45) is 0.259. The van der Waals surface area contributed by atoms with E-state index in [1.807, 2.05) is 42.5 Å². The van der Waals surface area contributed by atoms with Crippen molar-refractivity contribution in [1.29, 1.82) is 0 Å². The molecule has 0 aliphatic heterocycles. The van der Waals surface area contributed by atoms with Crippen molar-refractivity contribution in [2.75, 3.05) is 19.8 Å². The molecule has 2 N–H and O–H groups in total. The van der Waals surface area contributed by atoms with E-state index < -0.39 is 12.1 Å². The van der Waals surface area contributed by atoms with Crippen molar-refractivity contribution in [3.63, 3.8) is 0 Å². The van der Waals surface area contributed by atoms with E-state index in [4.69, 9.17) is 19.3 Å². The molecule has 0 aliphatic carbocycles. The van der Waals surface area contributed by atoms with Crippen LogP contribution in [0.25, 0.3) is 0 Å². The van der Waals surface area contributed by atoms with E-state index in [9.17, 15) is 9.90 Å². The molecule has 3 rings (SSSR count). The molecule has 1 atom stereocenters. The summed E-state index contributed by atoms with van der Waals surface area (Å²) in [5.74, 6) is 1.06. The van der Waals surface area contributed by atoms with Crippen molar-refractivity contribution < 1.29 is 29.2 Å². The molecular formula is C26H28O6. The topological polar surface area (TPSA) is 85.2 Å². The van der Waals surface area contributed by atoms with Gasteiger partial charge in [-0.1, -0.05) is 42.5 Å². The van der Waals surface area contributed by atoms with Crippen LogP contribution in [0.1, 0.15) is 17.5 Å². The summed E-state index contributed by atoms with van der Waals surface area (Å²) in [7, 11) is 0. The Balaban J connectivity index is 1.29. The van der Waals surface area contributed by atoms with Crippen LogP contribution >= 0.6 is 0 Å². The average molecular weight is 437 g/mol. The van der Waals surface area contributed by atoms with Crippen LogP contribution < -0.4 is 14.2 Å². The smallest absolute Gasteiger partial charge is 0.332 e. The zero-order chi connectivity index (χ0) is 22.6. The van der Waals surface area contributed by atoms with Gasteiger partial charge in [-0.2, -0.15) is 0 Å². The van der Waals surface area contributed by atoms with Gasteiger partial charge >= 0.3 is 5.97 Å². The molecule has 0 aromatic heterocycles. The molecule has 0 saturated carbocycles. The number of aliphatic hydroxyl groups is 1. The second-order valence-electron chi connectivity index (χ2n) is 7.31. The molecule has 1 unspecified atom stereocenters. The number of hydrogen-bond acceptors (Lipinski definition) is 5. The Labute approximate surface area is 188 Å². The van der Waals surface area contributed by atoms with Crippen molar-refractivity contribution in [2.24, 2.45) is 0 Å². The molecule has 0 bridgehead atoms. The van der Waals surface area contributed by atoms with Gasteiger partial charge < -0.3 is 24.4 Å². The molecule has 0 amide bonds. The minimum absolute atomic E-state index is 0.0698. The van der Waals surface area contributed by atoms with E-state index in [-0.39, 0.29) is 6.42 Å². The zero-order valence-electron chi connectivity index (χ0n) is 17.9. The zero-order valence-corrected chi connectivity index (χ0v) is 17.9. The first-order chi connectivity index (χ1) is 15.6. The summed E-state index contributed by atoms with van der Waals surface area (Å²) in [5, 5.41) is 18.1. The number of carboxylic acids is 1. The fraction of sp³-hybridized carbons (Fsp3) is 0.269. The van der Waals surface area contributed by atoms with Gasteiger partial charge in [0.2, 0.25) is 0 Å². The fourth-order valence-corrected chi connectivity index (χ4v) is 3.03. The molecule has 0 heterocycles. The highest BCUT2D eigenvalue weighted by molar-refractivity contribution is 5.72. The minimum atomic E-state index is -1.39. The van der Waals surface area contributed by atoms with Gasteiger partial charge in [-0.3, -0.25) is 0 Å². The van der Waals surface area contributed by atoms with E-state index in [2.05, 4.69) is 12.1 Å². The second kappa shape index (κ2) is 12.4. The Hall–Kier alpha value is -3.51. The van der Waals surface area contributed by atoms with Crippen molar-refractivity contribution in [3.05, 3.63) is 90.0 Å². The molecule has 0 saturated heterocycles. The van der Waals surface area contributed by atoms with E-state index in [1.165, 1.54) is 5.56 Å². The van der Waals surface area contributed by atoms with Gasteiger partial charge in [-0.15, -0.1) is 0 Å². The lowest BCUT2D eigenvalue weighted by atomic mass is 10.1. The number of aliphatic carboxylic acids is 1. The highest BCUT2D eigenvalue weighted by Gasteiger charge is 2.13. The second-order valence-corrected chi connectivity index (χ2v) is 7.31. The predicted molar refractivity (Wildman–Crippen MR) is 121 cm³/mol. The standard InChI is InChI=1S/C26H28O6/c27-25(26(28)29)19-21-7-9-22(10-8-21)30-16-4-17-31-23-11-13-24(14-12-23)32-18-15-20-5-2-1-3-6-20/h1-3,5-14,25,27H,4,15-19H2,(H,28,29). The summed E-state index contributed by atoms with van der Waals surface area (Å²) < 4.78 is 17.2. The lowest BCUT2D eigenvalue weighted by Gasteiger charge is -2.10. The molecule has 3 aromatic carbocycles. The maximum atomic E-state index is 10.7. The number of aliphatic hydroxyl groups excluding tert-OH is 1. The molecule has 6 nitrogen and oxygen atoms in total. The van der Waals surface area contributed by atoms with E-state index in [0.29, 0.717) is 25.6 Å². The molecule has 32 heavy (non-hydrogen) atoms. The first-order valence-corrected chi connectivity index (χ1v) is 10.6. The van der Waals surface area contributed by atoms with E-state index in [0.717, 1.165) is 29.9 Å². The third-order valence-electron chi connectivity index (χ3n) is 4.79. The number of benzene rings is 3. The molecule has 0 spiro atoms. The normalized spacial score (nSPS) is 11.5. The lowest BCUT2D eigenvalue weighted by molar-refractivity contribution is -0.146. The molecular weight excluding hydrogens is 408 g/mol. The predicted octanol–water partition coefficient (Wildman–Crippen LogP) is 4.14. The first-order valence-electron chi connectivity index (χ1n) is 10.6. The third kappa shape index (κ3) is 7.96. The van der Waals surface area contributed by atoms with Crippen LogP contribution in [0.4, 0.5) is 0 Å². The summed E-state index contributed by atoms with van der Waals surface area (Å²) >= 11 is 0. The number of hydrogen-bond donors (Lipinski definition) is 2. The van der Waals surface area contributed by atoms with Crippen LogP contribution in [-0.2, 0) is 17.6 Å². The quantitative estimate of drug-likeness (QED) is 0.392. The number of ether oxygens (including phenoxy) is 3. The van der Waals surface area contributed by atoms with Gasteiger partial charge in [0.25, 0.3) is 0 Å². The highest BCUT2D eigenvalue weighted by Crippen LogP contribution is 2.18. The fourth-order valence-electron chi connectivity index (χ4n) is 3.03. The SMILES string of the molecule is O=C(O)C(O)Cc1ccc(OCCCOc2ccc(OCCc3ccccc3)cc2)cc1. The Morgan fingerprint density at radius 2 is 1.19 bits per heavy atom. The molecule has 3 aromatic rings. The Kier molecular flexibility index (Phi) is 8.95. The van der Waals surface area contributed by atoms with Crippen LogP contribution in [0.3, 0.4) is 0 Å². The number of rotatable bonds is 13. The van der Waals surface area contributed by atoms with Crippen LogP contribution in [0, 0.1) is 0 Å². The Morgan fingerprint density at radius 3 is 1.72 bits per heavy atom. The largest absolute Gasteiger partial charge is 0.493 e. The highest BCUT2D eigenvalue weighted by atomic mass is 16.5. The molecule has 0 aliphatic rings. The van der Waals surface area contributed by atoms with Crippen molar-refractivity contribution in [2.45, 2.75) is 25.4 Å². The van der Waals surface area contributed by atoms with Crippen LogP contribution in [-0.4, -0.2) is 42.1 Å². The van der Waals surface area contributed by atoms with Gasteiger partial charge in [0.15, 0.2) is 6.10 Å². The molecule has 168 valence electrons. The lowest BCUT2D eigenvalue weighted by Crippen LogP contribution is -2.21. The Morgan fingerprint density at radius 1 is 0.688 bits per heavy atom. The van der Waals surface area contributed by atoms with Crippen molar-refractivity contribution >= 4 is 5.97 Å². The Bertz CT molecular complexity index is 938. The van der Waals surface area contributed by atoms with E-state index >= 15 is 0 Å². The van der Waals surface area contributed by atoms with Gasteiger partial charge in [-0.05, 0) is 47.5 Å². The van der Waals surface area contributed by atoms with Crippen LogP contribution in [0.2, 0.25) is 0 Å². The van der Waals surface area contributed by atoms with Crippen molar-refractivity contribution in [1.82, 2.24) is 0 Å².